The largest absolute Gasteiger partial charge is 0.480 e. The molecule has 2 N–H and O–H groups in total. The maximum Gasteiger partial charge on any atom is 0.253 e. The van der Waals surface area contributed by atoms with Crippen LogP contribution in [0, 0.1) is 0 Å². The summed E-state index contributed by atoms with van der Waals surface area (Å²) in [6, 6.07) is 7.31. The molecule has 0 aliphatic rings. The average Bonchev–Trinajstić information content (AvgIpc) is 3.13. The third kappa shape index (κ3) is 3.63. The number of aromatic amines is 1. The summed E-state index contributed by atoms with van der Waals surface area (Å²) >= 11 is 6.43. The number of hydrogen-bond acceptors (Lipinski definition) is 6. The van der Waals surface area contributed by atoms with Crippen molar-refractivity contribution >= 4 is 28.4 Å². The molecule has 0 saturated heterocycles. The second-order valence-electron chi connectivity index (χ2n) is 5.97. The molecule has 140 valence electrons. The van der Waals surface area contributed by atoms with Gasteiger partial charge in [-0.25, -0.2) is 9.97 Å². The summed E-state index contributed by atoms with van der Waals surface area (Å²) < 4.78 is 5.03. The molecule has 0 atom stereocenters. The van der Waals surface area contributed by atoms with Crippen LogP contribution in [-0.2, 0) is 6.54 Å². The monoisotopic (exact) mass is 394 g/mol. The first kappa shape index (κ1) is 17.9. The maximum atomic E-state index is 12.1. The van der Waals surface area contributed by atoms with Crippen LogP contribution in [0.5, 0.6) is 5.88 Å². The molecule has 0 aliphatic heterocycles. The third-order valence-corrected chi connectivity index (χ3v) is 4.48. The molecule has 0 saturated carbocycles. The lowest BCUT2D eigenvalue weighted by Crippen LogP contribution is -2.23. The van der Waals surface area contributed by atoms with Crippen LogP contribution in [0.4, 0.5) is 0 Å². The normalized spacial score (nSPS) is 10.8. The Hall–Kier alpha value is -3.52. The van der Waals surface area contributed by atoms with Crippen LogP contribution < -0.4 is 10.1 Å². The number of aromatic nitrogens is 5. The van der Waals surface area contributed by atoms with Gasteiger partial charge in [-0.3, -0.25) is 4.79 Å². The zero-order chi connectivity index (χ0) is 19.5. The van der Waals surface area contributed by atoms with E-state index >= 15 is 0 Å². The summed E-state index contributed by atoms with van der Waals surface area (Å²) in [4.78, 5) is 23.9. The molecule has 1 amide bonds. The van der Waals surface area contributed by atoms with E-state index in [9.17, 15) is 4.79 Å². The van der Waals surface area contributed by atoms with Gasteiger partial charge in [0.05, 0.1) is 54.7 Å². The van der Waals surface area contributed by atoms with Gasteiger partial charge in [0, 0.05) is 22.2 Å². The highest BCUT2D eigenvalue weighted by atomic mass is 35.5. The summed E-state index contributed by atoms with van der Waals surface area (Å²) in [5, 5.41) is 11.7. The molecule has 4 aromatic rings. The van der Waals surface area contributed by atoms with Crippen molar-refractivity contribution in [2.45, 2.75) is 6.54 Å². The van der Waals surface area contributed by atoms with Gasteiger partial charge in [0.2, 0.25) is 5.88 Å². The molecule has 0 fully saturated rings. The van der Waals surface area contributed by atoms with E-state index < -0.39 is 0 Å². The van der Waals surface area contributed by atoms with Gasteiger partial charge >= 0.3 is 0 Å². The second kappa shape index (κ2) is 7.61. The van der Waals surface area contributed by atoms with E-state index in [0.717, 1.165) is 22.2 Å². The number of methoxy groups -OCH3 is 1. The maximum absolute atomic E-state index is 12.1. The molecule has 8 nitrogen and oxygen atoms in total. The number of H-pyrrole nitrogens is 1. The van der Waals surface area contributed by atoms with Gasteiger partial charge in [0.25, 0.3) is 5.91 Å². The molecule has 0 aliphatic carbocycles. The summed E-state index contributed by atoms with van der Waals surface area (Å²) in [5.74, 6) is 0.212. The number of nitrogens with zero attached hydrogens (tertiary/aromatic N) is 4. The first-order chi connectivity index (χ1) is 13.6. The quantitative estimate of drug-likeness (QED) is 0.539. The van der Waals surface area contributed by atoms with Crippen molar-refractivity contribution in [3.63, 3.8) is 0 Å². The standard InChI is InChI=1S/C19H15ClN6O2/c1-28-18-10-21-17(9-22-18)14-6-16-12(5-15(14)20)4-13(26-16)8-23-19(27)11-2-3-24-25-7-11/h2-7,9-10,26H,8H2,1H3,(H,23,27). The highest BCUT2D eigenvalue weighted by Crippen LogP contribution is 2.31. The van der Waals surface area contributed by atoms with E-state index in [4.69, 9.17) is 16.3 Å². The van der Waals surface area contributed by atoms with E-state index in [0.29, 0.717) is 28.7 Å². The minimum absolute atomic E-state index is 0.221. The number of carbonyl (C=O) groups is 1. The number of fused-ring (bicyclic) bond motifs is 1. The molecular formula is C19H15ClN6O2. The van der Waals surface area contributed by atoms with Crippen molar-refractivity contribution < 1.29 is 9.53 Å². The number of nitrogens with one attached hydrogen (secondary N) is 2. The molecular weight excluding hydrogens is 380 g/mol. The number of carbonyl (C=O) groups excluding carboxylic acids is 1. The first-order valence-corrected chi connectivity index (χ1v) is 8.74. The van der Waals surface area contributed by atoms with Crippen molar-refractivity contribution in [1.29, 1.82) is 0 Å². The highest BCUT2D eigenvalue weighted by molar-refractivity contribution is 6.34. The Morgan fingerprint density at radius 1 is 1.18 bits per heavy atom. The number of benzene rings is 1. The Balaban J connectivity index is 1.56. The summed E-state index contributed by atoms with van der Waals surface area (Å²) in [7, 11) is 1.53. The van der Waals surface area contributed by atoms with Gasteiger partial charge < -0.3 is 15.0 Å². The number of amides is 1. The predicted molar refractivity (Wildman–Crippen MR) is 104 cm³/mol. The number of ether oxygens (including phenoxy) is 1. The van der Waals surface area contributed by atoms with E-state index in [1.807, 2.05) is 18.2 Å². The van der Waals surface area contributed by atoms with E-state index in [1.54, 1.807) is 18.5 Å². The Kier molecular flexibility index (Phi) is 4.86. The minimum atomic E-state index is -0.221. The Bertz CT molecular complexity index is 1130. The molecule has 28 heavy (non-hydrogen) atoms. The Morgan fingerprint density at radius 2 is 2.07 bits per heavy atom. The summed E-state index contributed by atoms with van der Waals surface area (Å²) in [6.07, 6.45) is 6.05. The van der Waals surface area contributed by atoms with Crippen LogP contribution in [0.25, 0.3) is 22.2 Å². The molecule has 9 heteroatoms. The van der Waals surface area contributed by atoms with Gasteiger partial charge in [-0.2, -0.15) is 10.2 Å². The SMILES string of the molecule is COc1cnc(-c2cc3[nH]c(CNC(=O)c4ccnnc4)cc3cc2Cl)cn1. The first-order valence-electron chi connectivity index (χ1n) is 8.36. The molecule has 3 heterocycles. The van der Waals surface area contributed by atoms with Gasteiger partial charge in [-0.05, 0) is 24.3 Å². The van der Waals surface area contributed by atoms with Crippen LogP contribution in [-0.4, -0.2) is 38.2 Å². The lowest BCUT2D eigenvalue weighted by atomic mass is 10.1. The topological polar surface area (TPSA) is 106 Å². The van der Waals surface area contributed by atoms with Crippen LogP contribution in [0.1, 0.15) is 16.1 Å². The van der Waals surface area contributed by atoms with Crippen LogP contribution >= 0.6 is 11.6 Å². The van der Waals surface area contributed by atoms with Crippen molar-refractivity contribution in [3.8, 4) is 17.1 Å². The molecule has 0 spiro atoms. The molecule has 0 unspecified atom stereocenters. The van der Waals surface area contributed by atoms with Gasteiger partial charge in [0.1, 0.15) is 0 Å². The lowest BCUT2D eigenvalue weighted by Gasteiger charge is -2.05. The summed E-state index contributed by atoms with van der Waals surface area (Å²) in [5.41, 5.74) is 3.58. The molecule has 3 aromatic heterocycles. The Morgan fingerprint density at radius 3 is 2.79 bits per heavy atom. The molecule has 0 radical (unpaired) electrons. The van der Waals surface area contributed by atoms with Crippen LogP contribution in [0.2, 0.25) is 5.02 Å². The lowest BCUT2D eigenvalue weighted by molar-refractivity contribution is 0.0950. The van der Waals surface area contributed by atoms with Crippen molar-refractivity contribution in [2.24, 2.45) is 0 Å². The number of halogens is 1. The van der Waals surface area contributed by atoms with E-state index in [1.165, 1.54) is 19.5 Å². The zero-order valence-corrected chi connectivity index (χ0v) is 15.6. The number of hydrogen-bond donors (Lipinski definition) is 2. The fourth-order valence-electron chi connectivity index (χ4n) is 2.77. The van der Waals surface area contributed by atoms with E-state index in [-0.39, 0.29) is 5.91 Å². The fraction of sp³-hybridized carbons (Fsp3) is 0.105. The minimum Gasteiger partial charge on any atom is -0.480 e. The smallest absolute Gasteiger partial charge is 0.253 e. The Labute approximate surface area is 165 Å². The molecule has 4 rings (SSSR count). The van der Waals surface area contributed by atoms with Gasteiger partial charge in [-0.15, -0.1) is 0 Å². The second-order valence-corrected chi connectivity index (χ2v) is 6.38. The van der Waals surface area contributed by atoms with Gasteiger partial charge in [0.15, 0.2) is 0 Å². The third-order valence-electron chi connectivity index (χ3n) is 4.16. The molecule has 0 bridgehead atoms. The van der Waals surface area contributed by atoms with Crippen LogP contribution in [0.3, 0.4) is 0 Å². The summed E-state index contributed by atoms with van der Waals surface area (Å²) in [6.45, 7) is 0.338. The van der Waals surface area contributed by atoms with Crippen molar-refractivity contribution in [1.82, 2.24) is 30.5 Å². The predicted octanol–water partition coefficient (Wildman–Crippen LogP) is 3.01. The fourth-order valence-corrected chi connectivity index (χ4v) is 3.04. The van der Waals surface area contributed by atoms with Gasteiger partial charge in [-0.1, -0.05) is 11.6 Å². The highest BCUT2D eigenvalue weighted by Gasteiger charge is 2.11. The van der Waals surface area contributed by atoms with Crippen molar-refractivity contribution in [3.05, 3.63) is 65.3 Å². The molecule has 1 aromatic carbocycles. The van der Waals surface area contributed by atoms with Crippen LogP contribution in [0.15, 0.2) is 49.1 Å². The van der Waals surface area contributed by atoms with Crippen molar-refractivity contribution in [2.75, 3.05) is 7.11 Å². The number of rotatable bonds is 5. The zero-order valence-electron chi connectivity index (χ0n) is 14.8. The van der Waals surface area contributed by atoms with E-state index in [2.05, 4.69) is 30.5 Å². The average molecular weight is 395 g/mol.